The molecule has 6 nitrogen and oxygen atoms in total. The van der Waals surface area contributed by atoms with Crippen molar-refractivity contribution in [3.8, 4) is 11.1 Å². The van der Waals surface area contributed by atoms with Gasteiger partial charge in [0.15, 0.2) is 6.29 Å². The normalized spacial score (nSPS) is 17.9. The number of carboxylic acids is 1. The van der Waals surface area contributed by atoms with Gasteiger partial charge in [0.2, 0.25) is 0 Å². The van der Waals surface area contributed by atoms with E-state index in [1.807, 2.05) is 0 Å². The predicted octanol–water partition coefficient (Wildman–Crippen LogP) is 7.34. The summed E-state index contributed by atoms with van der Waals surface area (Å²) in [7, 11) is 0. The Balaban J connectivity index is 1.68. The number of thioether (sulfide) groups is 1. The van der Waals surface area contributed by atoms with Gasteiger partial charge in [-0.1, -0.05) is 30.4 Å². The first-order valence-electron chi connectivity index (χ1n) is 11.9. The molecule has 1 amide bonds. The minimum atomic E-state index is -5.02. The van der Waals surface area contributed by atoms with Crippen LogP contribution in [0.3, 0.4) is 0 Å². The second-order valence-corrected chi connectivity index (χ2v) is 11.4. The number of aliphatic carboxylic acids is 1. The third-order valence-corrected chi connectivity index (χ3v) is 8.35. The van der Waals surface area contributed by atoms with E-state index in [9.17, 15) is 35.9 Å². The predicted molar refractivity (Wildman–Crippen MR) is 140 cm³/mol. The van der Waals surface area contributed by atoms with Crippen LogP contribution in [0, 0.1) is 0 Å². The summed E-state index contributed by atoms with van der Waals surface area (Å²) < 4.78 is 92.4. The zero-order chi connectivity index (χ0) is 29.2. The Kier molecular flexibility index (Phi) is 9.29. The number of thiocarbonyl (C=S) groups is 1. The summed E-state index contributed by atoms with van der Waals surface area (Å²) in [5, 5.41) is 10.2. The lowest BCUT2D eigenvalue weighted by Crippen LogP contribution is -2.29. The molecule has 3 heterocycles. The number of unbranched alkanes of at least 4 members (excludes halogenated alkanes) is 2. The molecular weight excluding hydrogens is 604 g/mol. The maximum atomic E-state index is 13.5. The van der Waals surface area contributed by atoms with Crippen LogP contribution in [0.5, 0.6) is 0 Å². The van der Waals surface area contributed by atoms with Crippen LogP contribution < -0.4 is 0 Å². The van der Waals surface area contributed by atoms with Gasteiger partial charge in [0.1, 0.15) is 4.32 Å². The Labute approximate surface area is 237 Å². The quantitative estimate of drug-likeness (QED) is 0.135. The minimum absolute atomic E-state index is 0.0173. The van der Waals surface area contributed by atoms with Crippen molar-refractivity contribution >= 4 is 57.6 Å². The van der Waals surface area contributed by atoms with Gasteiger partial charge < -0.3 is 14.6 Å². The topological polar surface area (TPSA) is 76.1 Å². The van der Waals surface area contributed by atoms with E-state index in [1.54, 1.807) is 0 Å². The monoisotopic (exact) mass is 625 g/mol. The molecular formula is C25H21F6NO5S3. The Bertz CT molecular complexity index is 1300. The average molecular weight is 626 g/mol. The molecule has 0 unspecified atom stereocenters. The van der Waals surface area contributed by atoms with Crippen molar-refractivity contribution in [1.29, 1.82) is 0 Å². The Hall–Kier alpha value is -2.46. The van der Waals surface area contributed by atoms with Crippen molar-refractivity contribution in [3.63, 3.8) is 0 Å². The van der Waals surface area contributed by atoms with Gasteiger partial charge >= 0.3 is 18.3 Å². The zero-order valence-corrected chi connectivity index (χ0v) is 22.9. The fourth-order valence-electron chi connectivity index (χ4n) is 4.13. The molecule has 2 saturated heterocycles. The Morgan fingerprint density at radius 2 is 1.68 bits per heavy atom. The summed E-state index contributed by atoms with van der Waals surface area (Å²) in [5.41, 5.74) is -2.94. The molecule has 40 heavy (non-hydrogen) atoms. The molecule has 1 aromatic heterocycles. The Morgan fingerprint density at radius 3 is 2.25 bits per heavy atom. The van der Waals surface area contributed by atoms with Crippen LogP contribution in [0.1, 0.15) is 53.5 Å². The highest BCUT2D eigenvalue weighted by Gasteiger charge is 2.38. The maximum Gasteiger partial charge on any atom is 0.416 e. The lowest BCUT2D eigenvalue weighted by Gasteiger charge is -2.17. The van der Waals surface area contributed by atoms with Crippen LogP contribution in [-0.2, 0) is 31.4 Å². The van der Waals surface area contributed by atoms with Crippen molar-refractivity contribution in [2.75, 3.05) is 19.8 Å². The SMILES string of the molecule is O=C(O)CCCCCN1C(=O)/C(=C/c2scc(-c3cc(C(F)(F)F)cc(C(F)(F)F)c3)c2C2OCCO2)SC1=S. The molecule has 0 radical (unpaired) electrons. The number of benzene rings is 1. The number of ether oxygens (including phenoxy) is 2. The van der Waals surface area contributed by atoms with E-state index in [0.717, 1.165) is 23.1 Å². The van der Waals surface area contributed by atoms with Crippen LogP contribution in [0.4, 0.5) is 26.3 Å². The van der Waals surface area contributed by atoms with Crippen LogP contribution in [0.2, 0.25) is 0 Å². The number of nitrogens with zero attached hydrogens (tertiary/aromatic N) is 1. The van der Waals surface area contributed by atoms with Crippen LogP contribution in [0.15, 0.2) is 28.5 Å². The molecule has 2 aliphatic rings. The van der Waals surface area contributed by atoms with Crippen molar-refractivity contribution in [2.45, 2.75) is 44.3 Å². The number of amides is 1. The summed E-state index contributed by atoms with van der Waals surface area (Å²) in [5.74, 6) is -1.31. The van der Waals surface area contributed by atoms with Crippen molar-refractivity contribution in [3.05, 3.63) is 50.1 Å². The second-order valence-electron chi connectivity index (χ2n) is 8.83. The van der Waals surface area contributed by atoms with Gasteiger partial charge in [-0.2, -0.15) is 26.3 Å². The van der Waals surface area contributed by atoms with E-state index in [2.05, 4.69) is 0 Å². The van der Waals surface area contributed by atoms with E-state index in [0.29, 0.717) is 36.3 Å². The number of alkyl halides is 6. The summed E-state index contributed by atoms with van der Waals surface area (Å²) in [6.45, 7) is 0.614. The molecule has 15 heteroatoms. The van der Waals surface area contributed by atoms with E-state index >= 15 is 0 Å². The summed E-state index contributed by atoms with van der Waals surface area (Å²) >= 11 is 7.36. The number of carbonyl (C=O) groups is 2. The molecule has 2 aliphatic heterocycles. The van der Waals surface area contributed by atoms with Crippen LogP contribution in [-0.4, -0.2) is 46.0 Å². The Morgan fingerprint density at radius 1 is 1.05 bits per heavy atom. The summed E-state index contributed by atoms with van der Waals surface area (Å²) in [4.78, 5) is 25.7. The second kappa shape index (κ2) is 12.2. The van der Waals surface area contributed by atoms with Gasteiger partial charge in [0.05, 0.1) is 29.2 Å². The van der Waals surface area contributed by atoms with Gasteiger partial charge in [0, 0.05) is 29.0 Å². The first-order valence-corrected chi connectivity index (χ1v) is 14.0. The largest absolute Gasteiger partial charge is 0.481 e. The van der Waals surface area contributed by atoms with Crippen LogP contribution in [0.25, 0.3) is 17.2 Å². The third-order valence-electron chi connectivity index (χ3n) is 6.02. The van der Waals surface area contributed by atoms with E-state index in [1.165, 1.54) is 16.4 Å². The summed E-state index contributed by atoms with van der Waals surface area (Å²) in [6.07, 6.45) is -8.03. The molecule has 0 aliphatic carbocycles. The highest BCUT2D eigenvalue weighted by atomic mass is 32.2. The molecule has 0 spiro atoms. The minimum Gasteiger partial charge on any atom is -0.481 e. The average Bonchev–Trinajstić information content (AvgIpc) is 3.58. The zero-order valence-electron chi connectivity index (χ0n) is 20.4. The van der Waals surface area contributed by atoms with Gasteiger partial charge in [-0.05, 0) is 48.1 Å². The lowest BCUT2D eigenvalue weighted by atomic mass is 9.97. The van der Waals surface area contributed by atoms with Crippen LogP contribution >= 0.6 is 35.3 Å². The highest BCUT2D eigenvalue weighted by Crippen LogP contribution is 2.45. The van der Waals surface area contributed by atoms with E-state index in [4.69, 9.17) is 26.8 Å². The van der Waals surface area contributed by atoms with Gasteiger partial charge in [-0.25, -0.2) is 0 Å². The van der Waals surface area contributed by atoms with E-state index in [-0.39, 0.29) is 58.2 Å². The molecule has 0 atom stereocenters. The smallest absolute Gasteiger partial charge is 0.416 e. The first kappa shape index (κ1) is 30.5. The molecule has 1 N–H and O–H groups in total. The molecule has 216 valence electrons. The molecule has 0 bridgehead atoms. The lowest BCUT2D eigenvalue weighted by molar-refractivity contribution is -0.143. The van der Waals surface area contributed by atoms with Crippen molar-refractivity contribution in [1.82, 2.24) is 4.90 Å². The number of hydrogen-bond donors (Lipinski definition) is 1. The number of rotatable bonds is 9. The highest BCUT2D eigenvalue weighted by molar-refractivity contribution is 8.26. The third kappa shape index (κ3) is 7.05. The fourth-order valence-corrected chi connectivity index (χ4v) is 6.52. The van der Waals surface area contributed by atoms with Gasteiger partial charge in [-0.15, -0.1) is 11.3 Å². The number of halogens is 6. The maximum absolute atomic E-state index is 13.5. The number of thiophene rings is 1. The standard InChI is InChI=1S/C25H21F6NO5S3/c26-24(27,28)14-8-13(9-15(10-14)25(29,30)31)16-12-39-17(20(16)22-36-6-7-37-22)11-18-21(35)32(23(38)40-18)5-3-1-2-4-19(33)34/h8-12,22H,1-7H2,(H,33,34)/b18-11-. The fraction of sp³-hybridized carbons (Fsp3) is 0.400. The van der Waals surface area contributed by atoms with Crippen molar-refractivity contribution in [2.24, 2.45) is 0 Å². The number of carbonyl (C=O) groups excluding carboxylic acids is 1. The molecule has 2 aromatic rings. The van der Waals surface area contributed by atoms with Crippen molar-refractivity contribution < 1.29 is 50.5 Å². The summed E-state index contributed by atoms with van der Waals surface area (Å²) in [6, 6.07) is 1.35. The van der Waals surface area contributed by atoms with E-state index < -0.39 is 41.6 Å². The molecule has 2 fully saturated rings. The first-order chi connectivity index (χ1) is 18.8. The van der Waals surface area contributed by atoms with Gasteiger partial charge in [-0.3, -0.25) is 14.5 Å². The molecule has 0 saturated carbocycles. The molecule has 1 aromatic carbocycles. The molecule has 4 rings (SSSR count). The number of carboxylic acid groups (broad SMARTS) is 1. The number of hydrogen-bond acceptors (Lipinski definition) is 7. The van der Waals surface area contributed by atoms with Gasteiger partial charge in [0.25, 0.3) is 5.91 Å².